The van der Waals surface area contributed by atoms with Gasteiger partial charge in [-0.3, -0.25) is 0 Å². The standard InChI is InChI=1S/C79H54N6/c1-51-59(46-48-72-73(51)64-39-18-23-44-70(64)84(72)56-32-12-5-13-33-56)78-81-76(53-27-8-3-9-28-53)80-77(82-78)54-29-24-34-57(49-54)85-71-47-45-58(83(55-30-10-4-11-31-55)69-43-22-17-35-60(69)52-25-6-2-7-26-52)50-65(71)74-75(85)63-38-16-21-42-68(63)79(74)66-40-19-14-36-61(66)62-37-15-20-41-67(62)79/h2-50,63,68H,1H3. The van der Waals surface area contributed by atoms with Crippen LogP contribution in [0.15, 0.2) is 297 Å². The molecule has 0 amide bonds. The van der Waals surface area contributed by atoms with E-state index in [2.05, 4.69) is 312 Å². The lowest BCUT2D eigenvalue weighted by Gasteiger charge is -2.36. The Hall–Kier alpha value is -11.0. The molecule has 3 heterocycles. The van der Waals surface area contributed by atoms with Gasteiger partial charge in [-0.15, -0.1) is 0 Å². The summed E-state index contributed by atoms with van der Waals surface area (Å²) in [5, 5.41) is 3.58. The van der Waals surface area contributed by atoms with Crippen LogP contribution >= 0.6 is 0 Å². The molecule has 3 aliphatic rings. The molecule has 0 bridgehead atoms. The van der Waals surface area contributed by atoms with Crippen molar-refractivity contribution in [2.24, 2.45) is 5.92 Å². The van der Waals surface area contributed by atoms with Crippen molar-refractivity contribution in [3.63, 3.8) is 0 Å². The molecule has 85 heavy (non-hydrogen) atoms. The van der Waals surface area contributed by atoms with Crippen molar-refractivity contribution < 1.29 is 0 Å². The zero-order valence-corrected chi connectivity index (χ0v) is 46.6. The fourth-order valence-corrected chi connectivity index (χ4v) is 14.8. The quantitative estimate of drug-likeness (QED) is 0.145. The van der Waals surface area contributed by atoms with Gasteiger partial charge in [-0.1, -0.05) is 218 Å². The topological polar surface area (TPSA) is 51.8 Å². The van der Waals surface area contributed by atoms with Crippen LogP contribution in [0, 0.1) is 12.8 Å². The van der Waals surface area contributed by atoms with Crippen molar-refractivity contribution in [2.75, 3.05) is 4.90 Å². The van der Waals surface area contributed by atoms with Crippen LogP contribution in [0.5, 0.6) is 0 Å². The number of aromatic nitrogens is 5. The molecule has 17 rings (SSSR count). The van der Waals surface area contributed by atoms with Crippen LogP contribution in [0.2, 0.25) is 0 Å². The van der Waals surface area contributed by atoms with E-state index in [0.717, 1.165) is 78.4 Å². The predicted octanol–water partition coefficient (Wildman–Crippen LogP) is 19.5. The molecule has 400 valence electrons. The predicted molar refractivity (Wildman–Crippen MR) is 348 cm³/mol. The molecule has 3 aliphatic carbocycles. The van der Waals surface area contributed by atoms with Crippen molar-refractivity contribution >= 4 is 49.8 Å². The smallest absolute Gasteiger partial charge is 0.164 e. The van der Waals surface area contributed by atoms with Crippen LogP contribution < -0.4 is 4.90 Å². The summed E-state index contributed by atoms with van der Waals surface area (Å²) in [6.07, 6.45) is 9.48. The Labute approximate surface area is 493 Å². The van der Waals surface area contributed by atoms with E-state index in [0.29, 0.717) is 17.5 Å². The van der Waals surface area contributed by atoms with Crippen LogP contribution in [0.25, 0.3) is 101 Å². The summed E-state index contributed by atoms with van der Waals surface area (Å²) in [6.45, 7) is 2.21. The molecule has 0 aliphatic heterocycles. The molecule has 0 saturated heterocycles. The highest BCUT2D eigenvalue weighted by molar-refractivity contribution is 6.12. The maximum absolute atomic E-state index is 5.50. The van der Waals surface area contributed by atoms with Crippen molar-refractivity contribution in [1.82, 2.24) is 24.1 Å². The summed E-state index contributed by atoms with van der Waals surface area (Å²) < 4.78 is 4.94. The van der Waals surface area contributed by atoms with Crippen molar-refractivity contribution in [3.05, 3.63) is 325 Å². The molecule has 14 aromatic rings. The highest BCUT2D eigenvalue weighted by Crippen LogP contribution is 2.67. The van der Waals surface area contributed by atoms with Crippen LogP contribution in [0.1, 0.15) is 33.9 Å². The lowest BCUT2D eigenvalue weighted by Crippen LogP contribution is -2.33. The molecule has 11 aromatic carbocycles. The van der Waals surface area contributed by atoms with Gasteiger partial charge in [0.05, 0.1) is 27.7 Å². The number of nitrogens with zero attached hydrogens (tertiary/aromatic N) is 6. The van der Waals surface area contributed by atoms with Gasteiger partial charge < -0.3 is 14.0 Å². The van der Waals surface area contributed by atoms with E-state index in [1.165, 1.54) is 49.7 Å². The zero-order chi connectivity index (χ0) is 56.2. The van der Waals surface area contributed by atoms with Crippen LogP contribution in [0.3, 0.4) is 0 Å². The minimum absolute atomic E-state index is 0.0435. The Bertz CT molecular complexity index is 4990. The van der Waals surface area contributed by atoms with E-state index in [9.17, 15) is 0 Å². The molecule has 0 fully saturated rings. The molecule has 2 atom stereocenters. The maximum atomic E-state index is 5.50. The van der Waals surface area contributed by atoms with E-state index >= 15 is 0 Å². The number of para-hydroxylation sites is 4. The van der Waals surface area contributed by atoms with Gasteiger partial charge in [0.15, 0.2) is 17.5 Å². The van der Waals surface area contributed by atoms with E-state index in [4.69, 9.17) is 15.0 Å². The SMILES string of the molecule is Cc1c(-c2nc(-c3ccccc3)nc(-c3cccc(-n4c5c(c6cc(N(c7ccccc7)c7ccccc7-c7ccccc7)ccc64)C4(c6ccccc6-c6ccccc64)C4C=CC=CC54)c3)n2)ccc2c1c1ccccc1n2-c1ccccc1. The number of anilines is 3. The first-order valence-electron chi connectivity index (χ1n) is 29.4. The van der Waals surface area contributed by atoms with Crippen LogP contribution in [0.4, 0.5) is 17.1 Å². The molecule has 0 radical (unpaired) electrons. The molecule has 1 spiro atoms. The van der Waals surface area contributed by atoms with Gasteiger partial charge in [0.2, 0.25) is 0 Å². The van der Waals surface area contributed by atoms with E-state index in [1.807, 2.05) is 6.07 Å². The van der Waals surface area contributed by atoms with E-state index < -0.39 is 5.41 Å². The lowest BCUT2D eigenvalue weighted by atomic mass is 9.65. The first-order valence-corrected chi connectivity index (χ1v) is 29.4. The third kappa shape index (κ3) is 7.35. The summed E-state index contributed by atoms with van der Waals surface area (Å²) in [5.74, 6) is 2.00. The van der Waals surface area contributed by atoms with Crippen LogP contribution in [-0.4, -0.2) is 24.1 Å². The Morgan fingerprint density at radius 2 is 0.953 bits per heavy atom. The van der Waals surface area contributed by atoms with Crippen LogP contribution in [-0.2, 0) is 5.41 Å². The van der Waals surface area contributed by atoms with E-state index in [-0.39, 0.29) is 11.8 Å². The van der Waals surface area contributed by atoms with Gasteiger partial charge in [0, 0.05) is 78.7 Å². The number of hydrogen-bond donors (Lipinski definition) is 0. The second-order valence-electron chi connectivity index (χ2n) is 22.6. The average Bonchev–Trinajstić information content (AvgIpc) is 1.88. The monoisotopic (exact) mass is 1090 g/mol. The number of benzene rings is 11. The average molecular weight is 1090 g/mol. The molecule has 6 heteroatoms. The molecule has 6 nitrogen and oxygen atoms in total. The normalized spacial score (nSPS) is 15.1. The number of hydrogen-bond acceptors (Lipinski definition) is 4. The fraction of sp³-hybridized carbons (Fsp3) is 0.0506. The first-order chi connectivity index (χ1) is 42.1. The van der Waals surface area contributed by atoms with Gasteiger partial charge in [-0.25, -0.2) is 15.0 Å². The van der Waals surface area contributed by atoms with Crippen molar-refractivity contribution in [3.8, 4) is 67.8 Å². The van der Waals surface area contributed by atoms with Crippen molar-refractivity contribution in [2.45, 2.75) is 18.3 Å². The Kier molecular flexibility index (Phi) is 11.1. The maximum Gasteiger partial charge on any atom is 0.164 e. The minimum Gasteiger partial charge on any atom is -0.313 e. The molecule has 3 aromatic heterocycles. The molecule has 0 saturated carbocycles. The molecule has 0 N–H and O–H groups in total. The third-order valence-corrected chi connectivity index (χ3v) is 18.2. The number of allylic oxidation sites excluding steroid dienone is 4. The number of fused-ring (bicyclic) bond motifs is 15. The number of rotatable bonds is 9. The Morgan fingerprint density at radius 3 is 1.71 bits per heavy atom. The Morgan fingerprint density at radius 1 is 0.388 bits per heavy atom. The van der Waals surface area contributed by atoms with E-state index in [1.54, 1.807) is 0 Å². The fourth-order valence-electron chi connectivity index (χ4n) is 14.8. The van der Waals surface area contributed by atoms with Gasteiger partial charge in [0.25, 0.3) is 0 Å². The Balaban J connectivity index is 0.906. The molecular formula is C79H54N6. The van der Waals surface area contributed by atoms with Crippen molar-refractivity contribution in [1.29, 1.82) is 0 Å². The van der Waals surface area contributed by atoms with Gasteiger partial charge >= 0.3 is 0 Å². The molecular weight excluding hydrogens is 1030 g/mol. The zero-order valence-electron chi connectivity index (χ0n) is 46.6. The summed E-state index contributed by atoms with van der Waals surface area (Å²) in [5.41, 5.74) is 22.5. The highest BCUT2D eigenvalue weighted by atomic mass is 15.1. The number of aryl methyl sites for hydroxylation is 1. The third-order valence-electron chi connectivity index (χ3n) is 18.2. The summed E-state index contributed by atoms with van der Waals surface area (Å²) in [7, 11) is 0. The van der Waals surface area contributed by atoms with Gasteiger partial charge in [-0.2, -0.15) is 0 Å². The van der Waals surface area contributed by atoms with Gasteiger partial charge in [-0.05, 0) is 125 Å². The summed E-state index contributed by atoms with van der Waals surface area (Å²) in [6, 6.07) is 98.9. The van der Waals surface area contributed by atoms with Gasteiger partial charge in [0.1, 0.15) is 0 Å². The molecule has 2 unspecified atom stereocenters. The second kappa shape index (κ2) is 19.3. The second-order valence-corrected chi connectivity index (χ2v) is 22.6. The largest absolute Gasteiger partial charge is 0.313 e. The summed E-state index contributed by atoms with van der Waals surface area (Å²) >= 11 is 0. The minimum atomic E-state index is -0.506. The first kappa shape index (κ1) is 48.7. The lowest BCUT2D eigenvalue weighted by molar-refractivity contribution is 0.463. The highest BCUT2D eigenvalue weighted by Gasteiger charge is 2.59. The summed E-state index contributed by atoms with van der Waals surface area (Å²) in [4.78, 5) is 18.6.